The Morgan fingerprint density at radius 2 is 1.97 bits per heavy atom. The molecular weight excluding hydrogens is 466 g/mol. The predicted octanol–water partition coefficient (Wildman–Crippen LogP) is 4.00. The van der Waals surface area contributed by atoms with Crippen LogP contribution in [-0.2, 0) is 17.6 Å². The van der Waals surface area contributed by atoms with E-state index in [0.717, 1.165) is 29.7 Å². The molecule has 1 amide bonds. The number of fused-ring (bicyclic) bond motifs is 1. The molecule has 0 aliphatic carbocycles. The molecule has 7 heteroatoms. The monoisotopic (exact) mass is 503 g/mol. The van der Waals surface area contributed by atoms with Gasteiger partial charge >= 0.3 is 0 Å². The zero-order chi connectivity index (χ0) is 26.3. The number of pyridine rings is 1. The third-order valence-electron chi connectivity index (χ3n) is 6.63. The number of carbonyl (C=O) groups excluding carboxylic acids is 1. The minimum absolute atomic E-state index is 0.0295. The van der Waals surface area contributed by atoms with Gasteiger partial charge in [-0.25, -0.2) is 0 Å². The van der Waals surface area contributed by atoms with Gasteiger partial charge in [-0.15, -0.1) is 0 Å². The molecular formula is C30H37N3O4. The smallest absolute Gasteiger partial charge is 0.258 e. The van der Waals surface area contributed by atoms with E-state index in [1.807, 2.05) is 36.4 Å². The highest BCUT2D eigenvalue weighted by Gasteiger charge is 2.34. The Labute approximate surface area is 219 Å². The quantitative estimate of drug-likeness (QED) is 0.366. The second-order valence-corrected chi connectivity index (χ2v) is 10.2. The van der Waals surface area contributed by atoms with Crippen LogP contribution in [0.4, 0.5) is 0 Å². The van der Waals surface area contributed by atoms with E-state index in [-0.39, 0.29) is 24.2 Å². The van der Waals surface area contributed by atoms with E-state index in [4.69, 9.17) is 9.47 Å². The summed E-state index contributed by atoms with van der Waals surface area (Å²) in [5, 5.41) is 17.8. The highest BCUT2D eigenvalue weighted by atomic mass is 16.5. The van der Waals surface area contributed by atoms with Crippen LogP contribution in [0.2, 0.25) is 0 Å². The van der Waals surface area contributed by atoms with Gasteiger partial charge in [-0.05, 0) is 56.0 Å². The van der Waals surface area contributed by atoms with Gasteiger partial charge in [0.2, 0.25) is 0 Å². The van der Waals surface area contributed by atoms with E-state index in [1.165, 1.54) is 5.56 Å². The molecule has 0 fully saturated rings. The van der Waals surface area contributed by atoms with Crippen molar-refractivity contribution < 1.29 is 19.4 Å². The Kier molecular flexibility index (Phi) is 8.79. The molecule has 0 spiro atoms. The highest BCUT2D eigenvalue weighted by Crippen LogP contribution is 2.40. The van der Waals surface area contributed by atoms with E-state index in [9.17, 15) is 9.90 Å². The number of hydrogen-bond donors (Lipinski definition) is 3. The largest absolute Gasteiger partial charge is 0.487 e. The summed E-state index contributed by atoms with van der Waals surface area (Å²) in [7, 11) is 0. The molecule has 1 aromatic heterocycles. The number of aryl methyl sites for hydroxylation is 1. The summed E-state index contributed by atoms with van der Waals surface area (Å²) in [5.41, 5.74) is 3.06. The molecule has 1 aliphatic rings. The molecule has 2 heterocycles. The van der Waals surface area contributed by atoms with Crippen LogP contribution < -0.4 is 20.1 Å². The predicted molar refractivity (Wildman–Crippen MR) is 144 cm³/mol. The summed E-state index contributed by atoms with van der Waals surface area (Å²) >= 11 is 0. The molecule has 0 saturated carbocycles. The van der Waals surface area contributed by atoms with E-state index in [0.29, 0.717) is 18.7 Å². The van der Waals surface area contributed by atoms with Crippen molar-refractivity contribution >= 4 is 5.91 Å². The lowest BCUT2D eigenvalue weighted by Gasteiger charge is -2.39. The molecule has 3 aromatic rings. The van der Waals surface area contributed by atoms with Crippen LogP contribution >= 0.6 is 0 Å². The number of carbonyl (C=O) groups is 1. The Morgan fingerprint density at radius 1 is 1.16 bits per heavy atom. The molecule has 196 valence electrons. The fraction of sp³-hybridized carbons (Fsp3) is 0.400. The van der Waals surface area contributed by atoms with Gasteiger partial charge in [0.15, 0.2) is 6.61 Å². The first-order chi connectivity index (χ1) is 17.8. The van der Waals surface area contributed by atoms with Gasteiger partial charge in [0, 0.05) is 30.8 Å². The highest BCUT2D eigenvalue weighted by molar-refractivity contribution is 5.78. The maximum Gasteiger partial charge on any atom is 0.258 e. The fourth-order valence-electron chi connectivity index (χ4n) is 4.69. The zero-order valence-corrected chi connectivity index (χ0v) is 21.8. The van der Waals surface area contributed by atoms with Gasteiger partial charge in [0.1, 0.15) is 17.1 Å². The lowest BCUT2D eigenvalue weighted by molar-refractivity contribution is -0.124. The van der Waals surface area contributed by atoms with Crippen LogP contribution in [-0.4, -0.2) is 46.9 Å². The summed E-state index contributed by atoms with van der Waals surface area (Å²) in [6.07, 6.45) is 4.61. The van der Waals surface area contributed by atoms with Gasteiger partial charge in [-0.3, -0.25) is 9.78 Å². The molecule has 37 heavy (non-hydrogen) atoms. The SMILES string of the molecule is CCc1ccc2c(c1)[C@@H](NC[C@@H](O)[C@H](Cc1ccccc1)NC(=O)COc1cccnc1)CC(C)(C)O2. The number of hydrogen-bond acceptors (Lipinski definition) is 6. The molecule has 0 unspecified atom stereocenters. The molecule has 0 saturated heterocycles. The van der Waals surface area contributed by atoms with Crippen molar-refractivity contribution in [1.29, 1.82) is 0 Å². The fourth-order valence-corrected chi connectivity index (χ4v) is 4.69. The van der Waals surface area contributed by atoms with Crippen molar-refractivity contribution in [2.75, 3.05) is 13.2 Å². The second-order valence-electron chi connectivity index (χ2n) is 10.2. The van der Waals surface area contributed by atoms with Crippen LogP contribution in [0.15, 0.2) is 73.1 Å². The molecule has 2 aromatic carbocycles. The maximum atomic E-state index is 12.7. The first-order valence-electron chi connectivity index (χ1n) is 12.9. The molecule has 7 nitrogen and oxygen atoms in total. The topological polar surface area (TPSA) is 92.7 Å². The number of nitrogens with zero attached hydrogens (tertiary/aromatic N) is 1. The number of amides is 1. The standard InChI is InChI=1S/C30H37N3O4/c1-4-21-12-13-28-24(15-21)26(17-30(2,3)37-28)32-19-27(34)25(16-22-9-6-5-7-10-22)33-29(35)20-36-23-11-8-14-31-18-23/h5-15,18,25-27,32,34H,4,16-17,19-20H2,1-3H3,(H,33,35)/t25-,26-,27+/m0/s1. The second kappa shape index (κ2) is 12.2. The van der Waals surface area contributed by atoms with Crippen LogP contribution in [0, 0.1) is 0 Å². The van der Waals surface area contributed by atoms with Crippen molar-refractivity contribution in [3.8, 4) is 11.5 Å². The normalized spacial score (nSPS) is 17.7. The Balaban J connectivity index is 1.44. The number of nitrogens with one attached hydrogen (secondary N) is 2. The van der Waals surface area contributed by atoms with Crippen LogP contribution in [0.1, 0.15) is 49.9 Å². The third-order valence-corrected chi connectivity index (χ3v) is 6.63. The van der Waals surface area contributed by atoms with E-state index >= 15 is 0 Å². The number of ether oxygens (including phenoxy) is 2. The van der Waals surface area contributed by atoms with Crippen molar-refractivity contribution in [2.45, 2.75) is 63.8 Å². The lowest BCUT2D eigenvalue weighted by Crippen LogP contribution is -2.51. The number of aliphatic hydroxyl groups is 1. The van der Waals surface area contributed by atoms with Crippen LogP contribution in [0.5, 0.6) is 11.5 Å². The maximum absolute atomic E-state index is 12.7. The zero-order valence-electron chi connectivity index (χ0n) is 21.8. The first-order valence-corrected chi connectivity index (χ1v) is 12.9. The van der Waals surface area contributed by atoms with Gasteiger partial charge in [0.25, 0.3) is 5.91 Å². The molecule has 4 rings (SSSR count). The molecule has 0 bridgehead atoms. The summed E-state index contributed by atoms with van der Waals surface area (Å²) < 4.78 is 11.8. The van der Waals surface area contributed by atoms with Gasteiger partial charge < -0.3 is 25.2 Å². The van der Waals surface area contributed by atoms with E-state index in [2.05, 4.69) is 48.5 Å². The van der Waals surface area contributed by atoms with E-state index < -0.39 is 12.1 Å². The van der Waals surface area contributed by atoms with Crippen molar-refractivity contribution in [3.63, 3.8) is 0 Å². The Morgan fingerprint density at radius 3 is 2.70 bits per heavy atom. The van der Waals surface area contributed by atoms with Gasteiger partial charge in [-0.1, -0.05) is 49.4 Å². The number of benzene rings is 2. The van der Waals surface area contributed by atoms with Crippen molar-refractivity contribution in [3.05, 3.63) is 89.7 Å². The van der Waals surface area contributed by atoms with E-state index in [1.54, 1.807) is 24.5 Å². The van der Waals surface area contributed by atoms with Gasteiger partial charge in [-0.2, -0.15) is 0 Å². The van der Waals surface area contributed by atoms with Crippen molar-refractivity contribution in [1.82, 2.24) is 15.6 Å². The summed E-state index contributed by atoms with van der Waals surface area (Å²) in [6, 6.07) is 19.2. The summed E-state index contributed by atoms with van der Waals surface area (Å²) in [5.74, 6) is 1.10. The molecule has 3 atom stereocenters. The average molecular weight is 504 g/mol. The minimum Gasteiger partial charge on any atom is -0.487 e. The summed E-state index contributed by atoms with van der Waals surface area (Å²) in [6.45, 7) is 6.46. The molecule has 0 radical (unpaired) electrons. The first kappa shape index (κ1) is 26.6. The summed E-state index contributed by atoms with van der Waals surface area (Å²) in [4.78, 5) is 16.7. The van der Waals surface area contributed by atoms with Crippen molar-refractivity contribution in [2.24, 2.45) is 0 Å². The van der Waals surface area contributed by atoms with Crippen LogP contribution in [0.25, 0.3) is 0 Å². The van der Waals surface area contributed by atoms with Crippen LogP contribution in [0.3, 0.4) is 0 Å². The third kappa shape index (κ3) is 7.54. The Bertz CT molecular complexity index is 1150. The van der Waals surface area contributed by atoms with Gasteiger partial charge in [0.05, 0.1) is 18.3 Å². The lowest BCUT2D eigenvalue weighted by atomic mass is 9.88. The number of aromatic nitrogens is 1. The number of aliphatic hydroxyl groups excluding tert-OH is 1. The minimum atomic E-state index is -0.814. The number of rotatable bonds is 11. The molecule has 1 aliphatic heterocycles. The average Bonchev–Trinajstić information content (AvgIpc) is 2.90. The Hall–Kier alpha value is -3.42. The molecule has 3 N–H and O–H groups in total.